The summed E-state index contributed by atoms with van der Waals surface area (Å²) in [7, 11) is -3.20. The van der Waals surface area contributed by atoms with Gasteiger partial charge in [0.15, 0.2) is 0 Å². The van der Waals surface area contributed by atoms with Crippen LogP contribution in [0.25, 0.3) is 0 Å². The standard InChI is InChI=1S/C13H21NO2S/c1-4-10-17(15,16)14-13-11(5-2)8-7-9-12(13)6-3/h7-9,14H,4-6,10H2,1-3H3. The average Bonchev–Trinajstić information content (AvgIpc) is 2.28. The van der Waals surface area contributed by atoms with Crippen LogP contribution in [0.1, 0.15) is 38.3 Å². The van der Waals surface area contributed by atoms with Gasteiger partial charge in [0, 0.05) is 0 Å². The highest BCUT2D eigenvalue weighted by atomic mass is 32.2. The predicted octanol–water partition coefficient (Wildman–Crippen LogP) is 2.96. The first-order valence-electron chi connectivity index (χ1n) is 6.15. The van der Waals surface area contributed by atoms with Gasteiger partial charge in [-0.15, -0.1) is 0 Å². The molecule has 3 nitrogen and oxygen atoms in total. The quantitative estimate of drug-likeness (QED) is 0.849. The van der Waals surface area contributed by atoms with Crippen LogP contribution in [-0.4, -0.2) is 14.2 Å². The Morgan fingerprint density at radius 3 is 2.00 bits per heavy atom. The first-order valence-corrected chi connectivity index (χ1v) is 7.80. The fourth-order valence-corrected chi connectivity index (χ4v) is 3.06. The molecule has 0 atom stereocenters. The molecule has 0 aliphatic carbocycles. The third-order valence-electron chi connectivity index (χ3n) is 2.73. The molecule has 0 fully saturated rings. The van der Waals surface area contributed by atoms with Gasteiger partial charge in [-0.25, -0.2) is 8.42 Å². The number of anilines is 1. The molecule has 0 spiro atoms. The van der Waals surface area contributed by atoms with E-state index in [0.717, 1.165) is 29.7 Å². The number of benzene rings is 1. The molecule has 1 rings (SSSR count). The maximum Gasteiger partial charge on any atom is 0.232 e. The molecule has 0 aromatic heterocycles. The van der Waals surface area contributed by atoms with E-state index in [-0.39, 0.29) is 5.75 Å². The van der Waals surface area contributed by atoms with Crippen LogP contribution in [0.3, 0.4) is 0 Å². The molecule has 4 heteroatoms. The van der Waals surface area contributed by atoms with Gasteiger partial charge >= 0.3 is 0 Å². The molecule has 0 aliphatic rings. The Bertz CT molecular complexity index is 444. The summed E-state index contributed by atoms with van der Waals surface area (Å²) in [4.78, 5) is 0. The van der Waals surface area contributed by atoms with Gasteiger partial charge in [0.1, 0.15) is 0 Å². The van der Waals surface area contributed by atoms with E-state index in [1.807, 2.05) is 39.0 Å². The van der Waals surface area contributed by atoms with Gasteiger partial charge in [0.25, 0.3) is 0 Å². The fraction of sp³-hybridized carbons (Fsp3) is 0.538. The summed E-state index contributed by atoms with van der Waals surface area (Å²) in [5.41, 5.74) is 2.90. The Balaban J connectivity index is 3.12. The van der Waals surface area contributed by atoms with Crippen LogP contribution in [0.2, 0.25) is 0 Å². The molecule has 1 aromatic carbocycles. The van der Waals surface area contributed by atoms with E-state index in [1.54, 1.807) is 0 Å². The zero-order valence-electron chi connectivity index (χ0n) is 10.8. The third kappa shape index (κ3) is 3.73. The van der Waals surface area contributed by atoms with Crippen molar-refractivity contribution in [2.24, 2.45) is 0 Å². The summed E-state index contributed by atoms with van der Waals surface area (Å²) in [6, 6.07) is 5.93. The Morgan fingerprint density at radius 1 is 1.06 bits per heavy atom. The molecular formula is C13H21NO2S. The molecule has 1 N–H and O–H groups in total. The van der Waals surface area contributed by atoms with Crippen LogP contribution in [0, 0.1) is 0 Å². The second-order valence-corrected chi connectivity index (χ2v) is 5.92. The number of hydrogen-bond acceptors (Lipinski definition) is 2. The zero-order valence-corrected chi connectivity index (χ0v) is 11.6. The molecule has 0 radical (unpaired) electrons. The van der Waals surface area contributed by atoms with Gasteiger partial charge in [0.2, 0.25) is 10.0 Å². The molecule has 0 amide bonds. The Labute approximate surface area is 104 Å². The Morgan fingerprint density at radius 2 is 1.59 bits per heavy atom. The normalized spacial score (nSPS) is 11.5. The summed E-state index contributed by atoms with van der Waals surface area (Å²) < 4.78 is 26.4. The lowest BCUT2D eigenvalue weighted by Crippen LogP contribution is -2.18. The smallest absolute Gasteiger partial charge is 0.232 e. The summed E-state index contributed by atoms with van der Waals surface area (Å²) in [5, 5.41) is 0. The van der Waals surface area contributed by atoms with Crippen molar-refractivity contribution >= 4 is 15.7 Å². The van der Waals surface area contributed by atoms with E-state index in [2.05, 4.69) is 4.72 Å². The van der Waals surface area contributed by atoms with Gasteiger partial charge in [0.05, 0.1) is 11.4 Å². The molecular weight excluding hydrogens is 234 g/mol. The highest BCUT2D eigenvalue weighted by Gasteiger charge is 2.13. The lowest BCUT2D eigenvalue weighted by molar-refractivity contribution is 0.599. The predicted molar refractivity (Wildman–Crippen MR) is 72.9 cm³/mol. The average molecular weight is 255 g/mol. The Kier molecular flexibility index (Phi) is 5.00. The lowest BCUT2D eigenvalue weighted by Gasteiger charge is -2.15. The minimum atomic E-state index is -3.20. The molecule has 0 saturated heterocycles. The molecule has 0 aliphatic heterocycles. The maximum atomic E-state index is 11.8. The molecule has 17 heavy (non-hydrogen) atoms. The van der Waals surface area contributed by atoms with E-state index in [0.29, 0.717) is 6.42 Å². The Hall–Kier alpha value is -1.03. The fourth-order valence-electron chi connectivity index (χ4n) is 1.85. The summed E-state index contributed by atoms with van der Waals surface area (Å²) >= 11 is 0. The van der Waals surface area contributed by atoms with E-state index in [4.69, 9.17) is 0 Å². The van der Waals surface area contributed by atoms with Crippen LogP contribution in [0.4, 0.5) is 5.69 Å². The van der Waals surface area contributed by atoms with Crippen LogP contribution >= 0.6 is 0 Å². The zero-order chi connectivity index (χ0) is 12.9. The van der Waals surface area contributed by atoms with Crippen LogP contribution < -0.4 is 4.72 Å². The minimum absolute atomic E-state index is 0.175. The number of sulfonamides is 1. The summed E-state index contributed by atoms with van der Waals surface area (Å²) in [5.74, 6) is 0.175. The van der Waals surface area contributed by atoms with Gasteiger partial charge in [-0.05, 0) is 30.4 Å². The first kappa shape index (κ1) is 14.0. The molecule has 1 aromatic rings. The SMILES string of the molecule is CCCS(=O)(=O)Nc1c(CC)cccc1CC. The van der Waals surface area contributed by atoms with Crippen molar-refractivity contribution in [2.75, 3.05) is 10.5 Å². The highest BCUT2D eigenvalue weighted by molar-refractivity contribution is 7.92. The number of nitrogens with one attached hydrogen (secondary N) is 1. The van der Waals surface area contributed by atoms with Crippen molar-refractivity contribution in [3.63, 3.8) is 0 Å². The first-order chi connectivity index (χ1) is 8.04. The van der Waals surface area contributed by atoms with E-state index in [9.17, 15) is 8.42 Å². The van der Waals surface area contributed by atoms with Crippen LogP contribution in [-0.2, 0) is 22.9 Å². The van der Waals surface area contributed by atoms with Gasteiger partial charge in [-0.1, -0.05) is 39.0 Å². The number of aryl methyl sites for hydroxylation is 2. The largest absolute Gasteiger partial charge is 0.283 e. The van der Waals surface area contributed by atoms with E-state index >= 15 is 0 Å². The summed E-state index contributed by atoms with van der Waals surface area (Å²) in [6.45, 7) is 5.93. The number of para-hydroxylation sites is 1. The second kappa shape index (κ2) is 6.05. The van der Waals surface area contributed by atoms with E-state index < -0.39 is 10.0 Å². The van der Waals surface area contributed by atoms with Crippen molar-refractivity contribution < 1.29 is 8.42 Å². The van der Waals surface area contributed by atoms with Crippen molar-refractivity contribution in [2.45, 2.75) is 40.0 Å². The van der Waals surface area contributed by atoms with Crippen molar-refractivity contribution in [3.8, 4) is 0 Å². The van der Waals surface area contributed by atoms with Crippen molar-refractivity contribution in [1.82, 2.24) is 0 Å². The minimum Gasteiger partial charge on any atom is -0.283 e. The molecule has 96 valence electrons. The van der Waals surface area contributed by atoms with Gasteiger partial charge in [-0.3, -0.25) is 4.72 Å². The summed E-state index contributed by atoms with van der Waals surface area (Å²) in [6.07, 6.45) is 2.29. The van der Waals surface area contributed by atoms with Gasteiger partial charge < -0.3 is 0 Å². The topological polar surface area (TPSA) is 46.2 Å². The van der Waals surface area contributed by atoms with Gasteiger partial charge in [-0.2, -0.15) is 0 Å². The number of hydrogen-bond donors (Lipinski definition) is 1. The maximum absolute atomic E-state index is 11.8. The van der Waals surface area contributed by atoms with Crippen LogP contribution in [0.5, 0.6) is 0 Å². The highest BCUT2D eigenvalue weighted by Crippen LogP contribution is 2.23. The monoisotopic (exact) mass is 255 g/mol. The second-order valence-electron chi connectivity index (χ2n) is 4.08. The molecule has 0 bridgehead atoms. The lowest BCUT2D eigenvalue weighted by atomic mass is 10.0. The molecule has 0 saturated carbocycles. The van der Waals surface area contributed by atoms with E-state index in [1.165, 1.54) is 0 Å². The molecule has 0 unspecified atom stereocenters. The van der Waals surface area contributed by atoms with Crippen molar-refractivity contribution in [1.29, 1.82) is 0 Å². The van der Waals surface area contributed by atoms with Crippen LogP contribution in [0.15, 0.2) is 18.2 Å². The van der Waals surface area contributed by atoms with Crippen molar-refractivity contribution in [3.05, 3.63) is 29.3 Å². The number of rotatable bonds is 6. The molecule has 0 heterocycles. The third-order valence-corrected chi connectivity index (χ3v) is 4.19.